The average molecular weight is 252 g/mol. The van der Waals surface area contributed by atoms with E-state index in [1.165, 1.54) is 16.7 Å². The third-order valence-corrected chi connectivity index (χ3v) is 2.65. The summed E-state index contributed by atoms with van der Waals surface area (Å²) in [6, 6.07) is 18.6. The Morgan fingerprint density at radius 2 is 1.68 bits per heavy atom. The van der Waals surface area contributed by atoms with Gasteiger partial charge in [0.1, 0.15) is 0 Å². The maximum atomic E-state index is 5.69. The Morgan fingerprint density at radius 3 is 2.26 bits per heavy atom. The summed E-state index contributed by atoms with van der Waals surface area (Å²) < 4.78 is 0. The van der Waals surface area contributed by atoms with Gasteiger partial charge in [0.2, 0.25) is 0 Å². The second kappa shape index (κ2) is 7.08. The highest BCUT2D eigenvalue weighted by Crippen LogP contribution is 2.22. The number of hydrogen-bond acceptors (Lipinski definition) is 3. The molecule has 0 atom stereocenters. The molecule has 4 heteroatoms. The van der Waals surface area contributed by atoms with E-state index in [1.807, 2.05) is 30.3 Å². The summed E-state index contributed by atoms with van der Waals surface area (Å²) in [4.78, 5) is 0. The zero-order valence-corrected chi connectivity index (χ0v) is 10.5. The van der Waals surface area contributed by atoms with Crippen LogP contribution >= 0.6 is 0 Å². The van der Waals surface area contributed by atoms with Crippen LogP contribution in [0.25, 0.3) is 11.1 Å². The lowest BCUT2D eigenvalue weighted by molar-refractivity contribution is 0.940. The number of aromatic nitrogens is 3. The van der Waals surface area contributed by atoms with E-state index in [4.69, 9.17) is 5.73 Å². The van der Waals surface area contributed by atoms with Gasteiger partial charge >= 0.3 is 0 Å². The van der Waals surface area contributed by atoms with Gasteiger partial charge in [-0.05, 0) is 16.7 Å². The van der Waals surface area contributed by atoms with Crippen LogP contribution in [0.3, 0.4) is 0 Å². The smallest absolute Gasteiger partial charge is 0.0690 e. The summed E-state index contributed by atoms with van der Waals surface area (Å²) >= 11 is 0. The molecule has 96 valence electrons. The van der Waals surface area contributed by atoms with E-state index in [2.05, 4.69) is 39.7 Å². The Balaban J connectivity index is 0.000000224. The molecule has 0 fully saturated rings. The molecule has 3 N–H and O–H groups in total. The van der Waals surface area contributed by atoms with E-state index in [-0.39, 0.29) is 0 Å². The van der Waals surface area contributed by atoms with Crippen molar-refractivity contribution in [3.63, 3.8) is 0 Å². The Bertz CT molecular complexity index is 559. The molecule has 0 spiro atoms. The summed E-state index contributed by atoms with van der Waals surface area (Å²) in [5, 5.41) is 9.26. The lowest BCUT2D eigenvalue weighted by atomic mass is 10.00. The number of hydrogen-bond donors (Lipinski definition) is 2. The van der Waals surface area contributed by atoms with Crippen LogP contribution in [0.5, 0.6) is 0 Å². The van der Waals surface area contributed by atoms with E-state index in [0.29, 0.717) is 6.54 Å². The molecule has 0 aliphatic heterocycles. The molecule has 3 rings (SSSR count). The third-order valence-electron chi connectivity index (χ3n) is 2.65. The number of nitrogens with zero attached hydrogens (tertiary/aromatic N) is 2. The molecule has 0 saturated heterocycles. The highest BCUT2D eigenvalue weighted by molar-refractivity contribution is 5.67. The van der Waals surface area contributed by atoms with Crippen LogP contribution in [0.2, 0.25) is 0 Å². The normalized spacial score (nSPS) is 9.53. The van der Waals surface area contributed by atoms with Crippen LogP contribution in [0, 0.1) is 0 Å². The van der Waals surface area contributed by atoms with E-state index in [9.17, 15) is 0 Å². The molecule has 1 aromatic heterocycles. The summed E-state index contributed by atoms with van der Waals surface area (Å²) in [5.41, 5.74) is 9.34. The van der Waals surface area contributed by atoms with Gasteiger partial charge in [-0.15, -0.1) is 5.10 Å². The van der Waals surface area contributed by atoms with Gasteiger partial charge in [0.05, 0.1) is 6.20 Å². The number of H-pyrrole nitrogens is 1. The van der Waals surface area contributed by atoms with Crippen molar-refractivity contribution in [2.75, 3.05) is 0 Å². The molecule has 0 saturated carbocycles. The first-order valence-electron chi connectivity index (χ1n) is 6.05. The number of rotatable bonds is 2. The van der Waals surface area contributed by atoms with Gasteiger partial charge in [-0.2, -0.15) is 0 Å². The first kappa shape index (κ1) is 13.0. The summed E-state index contributed by atoms with van der Waals surface area (Å²) in [6.07, 6.45) is 3.24. The van der Waals surface area contributed by atoms with Crippen molar-refractivity contribution < 1.29 is 0 Å². The molecular weight excluding hydrogens is 236 g/mol. The molecule has 2 aromatic carbocycles. The summed E-state index contributed by atoms with van der Waals surface area (Å²) in [6.45, 7) is 0.588. The van der Waals surface area contributed by atoms with Crippen molar-refractivity contribution in [1.82, 2.24) is 15.4 Å². The Kier molecular flexibility index (Phi) is 4.84. The summed E-state index contributed by atoms with van der Waals surface area (Å²) in [5.74, 6) is 0. The van der Waals surface area contributed by atoms with Gasteiger partial charge in [0.15, 0.2) is 0 Å². The Labute approximate surface area is 112 Å². The molecule has 0 amide bonds. The first-order valence-corrected chi connectivity index (χ1v) is 6.05. The van der Waals surface area contributed by atoms with E-state index < -0.39 is 0 Å². The minimum atomic E-state index is 0.588. The predicted octanol–water partition coefficient (Wildman–Crippen LogP) is 2.62. The number of aromatic amines is 1. The molecule has 0 radical (unpaired) electrons. The molecule has 4 nitrogen and oxygen atoms in total. The lowest BCUT2D eigenvalue weighted by Crippen LogP contribution is -1.98. The molecular formula is C15H16N4. The van der Waals surface area contributed by atoms with E-state index >= 15 is 0 Å². The van der Waals surface area contributed by atoms with Crippen molar-refractivity contribution in [3.05, 3.63) is 72.6 Å². The predicted molar refractivity (Wildman–Crippen MR) is 76.2 cm³/mol. The van der Waals surface area contributed by atoms with Crippen LogP contribution < -0.4 is 5.73 Å². The number of nitrogens with two attached hydrogens (primary N) is 1. The van der Waals surface area contributed by atoms with Crippen LogP contribution in [0.15, 0.2) is 67.0 Å². The van der Waals surface area contributed by atoms with E-state index in [0.717, 1.165) is 0 Å². The number of benzene rings is 2. The Morgan fingerprint density at radius 1 is 0.947 bits per heavy atom. The van der Waals surface area contributed by atoms with Gasteiger partial charge in [-0.3, -0.25) is 5.10 Å². The van der Waals surface area contributed by atoms with Crippen molar-refractivity contribution >= 4 is 0 Å². The molecule has 1 heterocycles. The third kappa shape index (κ3) is 3.76. The van der Waals surface area contributed by atoms with Gasteiger partial charge in [0, 0.05) is 12.7 Å². The maximum Gasteiger partial charge on any atom is 0.0690 e. The van der Waals surface area contributed by atoms with Gasteiger partial charge in [-0.1, -0.05) is 59.8 Å². The van der Waals surface area contributed by atoms with Crippen molar-refractivity contribution in [2.45, 2.75) is 6.54 Å². The fraction of sp³-hybridized carbons (Fsp3) is 0.0667. The highest BCUT2D eigenvalue weighted by atomic mass is 15.3. The molecule has 0 bridgehead atoms. The van der Waals surface area contributed by atoms with Crippen LogP contribution in [0.1, 0.15) is 5.56 Å². The molecule has 0 unspecified atom stereocenters. The van der Waals surface area contributed by atoms with Gasteiger partial charge < -0.3 is 5.73 Å². The minimum absolute atomic E-state index is 0.588. The fourth-order valence-electron chi connectivity index (χ4n) is 1.76. The van der Waals surface area contributed by atoms with Crippen molar-refractivity contribution in [2.24, 2.45) is 5.73 Å². The van der Waals surface area contributed by atoms with Crippen LogP contribution in [-0.4, -0.2) is 15.4 Å². The first-order chi connectivity index (χ1) is 9.42. The molecule has 0 aliphatic carbocycles. The van der Waals surface area contributed by atoms with Crippen LogP contribution in [0.4, 0.5) is 0 Å². The summed E-state index contributed by atoms with van der Waals surface area (Å²) in [7, 11) is 0. The Hall–Kier alpha value is -2.46. The second-order valence-corrected chi connectivity index (χ2v) is 3.89. The number of nitrogens with one attached hydrogen (secondary N) is 1. The average Bonchev–Trinajstić information content (AvgIpc) is 3.08. The largest absolute Gasteiger partial charge is 0.326 e. The van der Waals surface area contributed by atoms with E-state index in [1.54, 1.807) is 12.4 Å². The second-order valence-electron chi connectivity index (χ2n) is 3.89. The lowest BCUT2D eigenvalue weighted by Gasteiger charge is -2.06. The van der Waals surface area contributed by atoms with Gasteiger partial charge in [-0.25, -0.2) is 0 Å². The van der Waals surface area contributed by atoms with Crippen LogP contribution in [-0.2, 0) is 6.54 Å². The zero-order chi connectivity index (χ0) is 13.3. The van der Waals surface area contributed by atoms with Gasteiger partial charge in [0.25, 0.3) is 0 Å². The maximum absolute atomic E-state index is 5.69. The molecule has 0 aliphatic rings. The van der Waals surface area contributed by atoms with Crippen molar-refractivity contribution in [3.8, 4) is 11.1 Å². The zero-order valence-electron chi connectivity index (χ0n) is 10.5. The topological polar surface area (TPSA) is 67.6 Å². The molecule has 3 aromatic rings. The van der Waals surface area contributed by atoms with Crippen molar-refractivity contribution in [1.29, 1.82) is 0 Å². The SMILES string of the molecule is NCc1ccccc1-c1ccccc1.c1c[nH]nn1. The highest BCUT2D eigenvalue weighted by Gasteiger charge is 2.00. The fourth-order valence-corrected chi connectivity index (χ4v) is 1.76. The quantitative estimate of drug-likeness (QED) is 0.736. The standard InChI is InChI=1S/C13H13N.C2H3N3/c14-10-12-8-4-5-9-13(12)11-6-2-1-3-7-11;1-2-4-5-3-1/h1-9H,10,14H2;1-2H,(H,3,4,5). The monoisotopic (exact) mass is 252 g/mol. The molecule has 19 heavy (non-hydrogen) atoms. The minimum Gasteiger partial charge on any atom is -0.326 e.